The molecule has 4 aromatic carbocycles. The van der Waals surface area contributed by atoms with Crippen LogP contribution in [0.5, 0.6) is 17.4 Å². The number of aromatic amines is 2. The molecular weight excluding hydrogens is 604 g/mol. The molecule has 0 amide bonds. The molecule has 0 aliphatic rings. The molecule has 6 rings (SSSR count). The van der Waals surface area contributed by atoms with E-state index < -0.39 is 17.1 Å². The monoisotopic (exact) mass is 634 g/mol. The Balaban J connectivity index is 1.36. The van der Waals surface area contributed by atoms with E-state index in [4.69, 9.17) is 26.1 Å². The zero-order valence-electron chi connectivity index (χ0n) is 25.2. The zero-order valence-corrected chi connectivity index (χ0v) is 26.0. The van der Waals surface area contributed by atoms with Crippen molar-refractivity contribution in [3.63, 3.8) is 0 Å². The summed E-state index contributed by atoms with van der Waals surface area (Å²) in [6.45, 7) is 2.74. The Labute approximate surface area is 269 Å². The Hall–Kier alpha value is -5.54. The summed E-state index contributed by atoms with van der Waals surface area (Å²) in [5, 5.41) is 13.0. The van der Waals surface area contributed by atoms with Crippen LogP contribution >= 0.6 is 11.6 Å². The molecule has 0 unspecified atom stereocenters. The quantitative estimate of drug-likeness (QED) is 0.152. The SMILES string of the molecule is COc1ccc(-n2c(O)c(C(=NCCc3c(C)[nH]c4ccc(OCc5ccccc5)cc34)c3ccc(Cl)cc3)c(=O)[nH]c2=O)cc1. The van der Waals surface area contributed by atoms with Crippen LogP contribution in [-0.4, -0.2) is 39.0 Å². The second kappa shape index (κ2) is 13.2. The Morgan fingerprint density at radius 2 is 1.63 bits per heavy atom. The number of rotatable bonds is 10. The maximum Gasteiger partial charge on any atom is 0.335 e. The standard InChI is InChI=1S/C36H31ClN4O5/c1-22-29(30-20-28(16-17-31(30)39-22)46-21-23-6-4-3-5-7-23)18-19-38-33(24-8-10-25(37)11-9-24)32-34(42)40-36(44)41(35(32)43)26-12-14-27(45-2)15-13-26/h3-17,20,39,43H,18-19,21H2,1-2H3,(H,40,42,44). The van der Waals surface area contributed by atoms with Gasteiger partial charge in [0, 0.05) is 33.7 Å². The van der Waals surface area contributed by atoms with Gasteiger partial charge < -0.3 is 19.6 Å². The van der Waals surface area contributed by atoms with Crippen molar-refractivity contribution >= 4 is 28.2 Å². The van der Waals surface area contributed by atoms with E-state index in [0.29, 0.717) is 35.1 Å². The number of aromatic nitrogens is 3. The number of aliphatic imine (C=N–C) groups is 1. The topological polar surface area (TPSA) is 122 Å². The fraction of sp³-hybridized carbons (Fsp3) is 0.139. The number of methoxy groups -OCH3 is 1. The van der Waals surface area contributed by atoms with E-state index in [-0.39, 0.29) is 17.8 Å². The first kappa shape index (κ1) is 30.5. The predicted octanol–water partition coefficient (Wildman–Crippen LogP) is 6.34. The Bertz CT molecular complexity index is 2150. The summed E-state index contributed by atoms with van der Waals surface area (Å²) in [4.78, 5) is 36.8. The zero-order chi connectivity index (χ0) is 32.2. The molecule has 2 heterocycles. The van der Waals surface area contributed by atoms with Crippen LogP contribution in [0.2, 0.25) is 5.02 Å². The number of nitrogens with one attached hydrogen (secondary N) is 2. The summed E-state index contributed by atoms with van der Waals surface area (Å²) in [6.07, 6.45) is 0.530. The van der Waals surface area contributed by atoms with Gasteiger partial charge in [0.05, 0.1) is 18.5 Å². The van der Waals surface area contributed by atoms with E-state index >= 15 is 0 Å². The molecule has 3 N–H and O–H groups in total. The molecule has 0 aliphatic heterocycles. The maximum atomic E-state index is 13.3. The number of nitrogens with zero attached hydrogens (tertiary/aromatic N) is 2. The number of H-pyrrole nitrogens is 2. The van der Waals surface area contributed by atoms with Gasteiger partial charge in [-0.2, -0.15) is 0 Å². The minimum absolute atomic E-state index is 0.134. The lowest BCUT2D eigenvalue weighted by atomic mass is 10.0. The first-order chi connectivity index (χ1) is 22.3. The summed E-state index contributed by atoms with van der Waals surface area (Å²) >= 11 is 6.16. The Morgan fingerprint density at radius 1 is 0.913 bits per heavy atom. The van der Waals surface area contributed by atoms with E-state index in [2.05, 4.69) is 9.97 Å². The van der Waals surface area contributed by atoms with Crippen molar-refractivity contribution < 1.29 is 14.6 Å². The molecule has 2 aromatic heterocycles. The lowest BCUT2D eigenvalue weighted by molar-refractivity contribution is 0.306. The normalized spacial score (nSPS) is 11.6. The van der Waals surface area contributed by atoms with Crippen molar-refractivity contribution in [1.82, 2.24) is 14.5 Å². The molecule has 0 fully saturated rings. The molecule has 0 bridgehead atoms. The Morgan fingerprint density at radius 3 is 2.35 bits per heavy atom. The summed E-state index contributed by atoms with van der Waals surface area (Å²) in [5.74, 6) is 0.794. The first-order valence-corrected chi connectivity index (χ1v) is 15.0. The van der Waals surface area contributed by atoms with Crippen LogP contribution in [0.25, 0.3) is 16.6 Å². The number of benzene rings is 4. The molecule has 0 radical (unpaired) electrons. The summed E-state index contributed by atoms with van der Waals surface area (Å²) in [6, 6.07) is 29.2. The van der Waals surface area contributed by atoms with E-state index in [9.17, 15) is 14.7 Å². The minimum atomic E-state index is -0.786. The molecular formula is C36H31ClN4O5. The van der Waals surface area contributed by atoms with Gasteiger partial charge in [-0.3, -0.25) is 14.8 Å². The van der Waals surface area contributed by atoms with E-state index in [1.165, 1.54) is 7.11 Å². The van der Waals surface area contributed by atoms with Crippen molar-refractivity contribution in [1.29, 1.82) is 0 Å². The van der Waals surface area contributed by atoms with Gasteiger partial charge in [-0.25, -0.2) is 9.36 Å². The van der Waals surface area contributed by atoms with Gasteiger partial charge in [0.2, 0.25) is 5.88 Å². The number of ether oxygens (including phenoxy) is 2. The lowest BCUT2D eigenvalue weighted by Gasteiger charge is -2.14. The number of halogens is 1. The highest BCUT2D eigenvalue weighted by molar-refractivity contribution is 6.30. The van der Waals surface area contributed by atoms with Crippen LogP contribution in [0.15, 0.2) is 112 Å². The third-order valence-electron chi connectivity index (χ3n) is 7.74. The highest BCUT2D eigenvalue weighted by atomic mass is 35.5. The number of fused-ring (bicyclic) bond motifs is 1. The summed E-state index contributed by atoms with van der Waals surface area (Å²) in [7, 11) is 1.53. The third kappa shape index (κ3) is 6.31. The molecule has 10 heteroatoms. The van der Waals surface area contributed by atoms with Crippen molar-refractivity contribution in [2.75, 3.05) is 13.7 Å². The van der Waals surface area contributed by atoms with Crippen LogP contribution in [0.4, 0.5) is 0 Å². The molecule has 0 aliphatic carbocycles. The summed E-state index contributed by atoms with van der Waals surface area (Å²) < 4.78 is 12.3. The van der Waals surface area contributed by atoms with Crippen LogP contribution in [0.1, 0.15) is 27.9 Å². The molecule has 0 saturated carbocycles. The Kier molecular flexibility index (Phi) is 8.76. The van der Waals surface area contributed by atoms with E-state index in [0.717, 1.165) is 38.0 Å². The second-order valence-corrected chi connectivity index (χ2v) is 11.1. The van der Waals surface area contributed by atoms with Gasteiger partial charge in [-0.05, 0) is 79.1 Å². The second-order valence-electron chi connectivity index (χ2n) is 10.7. The number of aryl methyl sites for hydroxylation is 1. The van der Waals surface area contributed by atoms with Gasteiger partial charge >= 0.3 is 5.69 Å². The molecule has 0 atom stereocenters. The molecule has 0 saturated heterocycles. The lowest BCUT2D eigenvalue weighted by Crippen LogP contribution is -2.33. The fourth-order valence-electron chi connectivity index (χ4n) is 5.43. The smallest absolute Gasteiger partial charge is 0.335 e. The van der Waals surface area contributed by atoms with E-state index in [1.807, 2.05) is 55.5 Å². The van der Waals surface area contributed by atoms with Crippen LogP contribution in [0.3, 0.4) is 0 Å². The molecule has 46 heavy (non-hydrogen) atoms. The maximum absolute atomic E-state index is 13.3. The molecule has 232 valence electrons. The van der Waals surface area contributed by atoms with Gasteiger partial charge in [-0.15, -0.1) is 0 Å². The summed E-state index contributed by atoms with van der Waals surface area (Å²) in [5.41, 5.74) is 3.54. The largest absolute Gasteiger partial charge is 0.497 e. The van der Waals surface area contributed by atoms with Gasteiger partial charge in [-0.1, -0.05) is 54.1 Å². The van der Waals surface area contributed by atoms with Crippen LogP contribution in [0, 0.1) is 6.92 Å². The molecule has 6 aromatic rings. The highest BCUT2D eigenvalue weighted by Gasteiger charge is 2.22. The number of hydrogen-bond donors (Lipinski definition) is 3. The number of hydrogen-bond acceptors (Lipinski definition) is 6. The highest BCUT2D eigenvalue weighted by Crippen LogP contribution is 2.28. The van der Waals surface area contributed by atoms with Crippen molar-refractivity contribution in [3.05, 3.63) is 151 Å². The number of aromatic hydroxyl groups is 1. The van der Waals surface area contributed by atoms with Crippen molar-refractivity contribution in [2.24, 2.45) is 4.99 Å². The average molecular weight is 635 g/mol. The van der Waals surface area contributed by atoms with Crippen LogP contribution in [-0.2, 0) is 13.0 Å². The average Bonchev–Trinajstić information content (AvgIpc) is 3.38. The van der Waals surface area contributed by atoms with Gasteiger partial charge in [0.1, 0.15) is 23.7 Å². The molecule has 9 nitrogen and oxygen atoms in total. The predicted molar refractivity (Wildman–Crippen MR) is 180 cm³/mol. The van der Waals surface area contributed by atoms with Crippen LogP contribution < -0.4 is 20.7 Å². The third-order valence-corrected chi connectivity index (χ3v) is 7.99. The van der Waals surface area contributed by atoms with E-state index in [1.54, 1.807) is 48.5 Å². The first-order valence-electron chi connectivity index (χ1n) is 14.6. The fourth-order valence-corrected chi connectivity index (χ4v) is 5.55. The van der Waals surface area contributed by atoms with Crippen molar-refractivity contribution in [2.45, 2.75) is 20.0 Å². The van der Waals surface area contributed by atoms with Gasteiger partial charge in [0.15, 0.2) is 0 Å². The minimum Gasteiger partial charge on any atom is -0.497 e. The van der Waals surface area contributed by atoms with Gasteiger partial charge in [0.25, 0.3) is 5.56 Å². The molecule has 0 spiro atoms. The van der Waals surface area contributed by atoms with Crippen molar-refractivity contribution in [3.8, 4) is 23.1 Å².